The third-order valence-electron chi connectivity index (χ3n) is 5.85. The standard InChI is InChI=1S/C21H20FN3O2S/c1-24-10-16(9-23-24)14-6-7-20-17(8-14)18-12-25(13-21(18)28(20,26)27)11-15-4-2-3-5-19(15)22/h2-10,18,21H,11-13H2,1H3. The van der Waals surface area contributed by atoms with Crippen molar-refractivity contribution in [1.82, 2.24) is 14.7 Å². The van der Waals surface area contributed by atoms with Crippen molar-refractivity contribution in [2.75, 3.05) is 13.1 Å². The van der Waals surface area contributed by atoms with Gasteiger partial charge in [0.1, 0.15) is 5.82 Å². The van der Waals surface area contributed by atoms with Crippen LogP contribution in [-0.4, -0.2) is 41.4 Å². The van der Waals surface area contributed by atoms with Crippen molar-refractivity contribution >= 4 is 9.84 Å². The van der Waals surface area contributed by atoms with E-state index in [9.17, 15) is 12.8 Å². The molecule has 0 radical (unpaired) electrons. The minimum absolute atomic E-state index is 0.0802. The first-order chi connectivity index (χ1) is 13.4. The van der Waals surface area contributed by atoms with Crippen molar-refractivity contribution in [2.45, 2.75) is 22.6 Å². The second kappa shape index (κ2) is 6.25. The summed E-state index contributed by atoms with van der Waals surface area (Å²) >= 11 is 0. The lowest BCUT2D eigenvalue weighted by molar-refractivity contribution is 0.320. The summed E-state index contributed by atoms with van der Waals surface area (Å²) in [6.45, 7) is 1.47. The van der Waals surface area contributed by atoms with Crippen molar-refractivity contribution in [3.63, 3.8) is 0 Å². The van der Waals surface area contributed by atoms with Gasteiger partial charge in [0.05, 0.1) is 16.3 Å². The van der Waals surface area contributed by atoms with Crippen LogP contribution in [0, 0.1) is 5.82 Å². The molecule has 0 N–H and O–H groups in total. The number of fused-ring (bicyclic) bond motifs is 3. The van der Waals surface area contributed by atoms with Crippen LogP contribution in [0.2, 0.25) is 0 Å². The van der Waals surface area contributed by atoms with Gasteiger partial charge in [-0.1, -0.05) is 24.3 Å². The Bertz CT molecular complexity index is 1170. The van der Waals surface area contributed by atoms with Gasteiger partial charge in [-0.25, -0.2) is 12.8 Å². The molecule has 5 rings (SSSR count). The van der Waals surface area contributed by atoms with Crippen molar-refractivity contribution < 1.29 is 12.8 Å². The summed E-state index contributed by atoms with van der Waals surface area (Å²) in [6.07, 6.45) is 3.70. The molecule has 0 saturated carbocycles. The number of rotatable bonds is 3. The first-order valence-corrected chi connectivity index (χ1v) is 10.8. The Hall–Kier alpha value is -2.51. The summed E-state index contributed by atoms with van der Waals surface area (Å²) in [6, 6.07) is 12.2. The molecule has 0 bridgehead atoms. The van der Waals surface area contributed by atoms with Crippen molar-refractivity contribution in [2.24, 2.45) is 7.05 Å². The number of nitrogens with zero attached hydrogens (tertiary/aromatic N) is 3. The molecule has 1 fully saturated rings. The molecule has 1 aromatic heterocycles. The van der Waals surface area contributed by atoms with E-state index in [1.54, 1.807) is 29.1 Å². The molecule has 1 saturated heterocycles. The van der Waals surface area contributed by atoms with Gasteiger partial charge in [0.2, 0.25) is 0 Å². The van der Waals surface area contributed by atoms with E-state index in [4.69, 9.17) is 0 Å². The van der Waals surface area contributed by atoms with Crippen LogP contribution in [0.25, 0.3) is 11.1 Å². The lowest BCUT2D eigenvalue weighted by Gasteiger charge is -2.18. The molecule has 2 aliphatic heterocycles. The molecular weight excluding hydrogens is 377 g/mol. The van der Waals surface area contributed by atoms with Gasteiger partial charge in [-0.05, 0) is 29.3 Å². The SMILES string of the molecule is Cn1cc(-c2ccc3c(c2)C2CN(Cc4ccccc4F)CC2S3(=O)=O)cn1. The fraction of sp³-hybridized carbons (Fsp3) is 0.286. The van der Waals surface area contributed by atoms with Crippen LogP contribution in [0.15, 0.2) is 59.8 Å². The lowest BCUT2D eigenvalue weighted by Crippen LogP contribution is -2.26. The van der Waals surface area contributed by atoms with Crippen molar-refractivity contribution in [3.05, 3.63) is 71.8 Å². The van der Waals surface area contributed by atoms with E-state index in [1.807, 2.05) is 36.3 Å². The third kappa shape index (κ3) is 2.69. The van der Waals surface area contributed by atoms with Gasteiger partial charge in [-0.2, -0.15) is 5.10 Å². The quantitative estimate of drug-likeness (QED) is 0.682. The number of aryl methyl sites for hydroxylation is 1. The van der Waals surface area contributed by atoms with Crippen LogP contribution in [0.4, 0.5) is 4.39 Å². The molecule has 7 heteroatoms. The maximum absolute atomic E-state index is 14.0. The molecule has 144 valence electrons. The number of hydrogen-bond donors (Lipinski definition) is 0. The number of benzene rings is 2. The number of sulfone groups is 1. The van der Waals surface area contributed by atoms with Crippen LogP contribution in [0.1, 0.15) is 17.0 Å². The second-order valence-electron chi connectivity index (χ2n) is 7.63. The highest BCUT2D eigenvalue weighted by Gasteiger charge is 2.50. The minimum Gasteiger partial charge on any atom is -0.297 e. The predicted octanol–water partition coefficient (Wildman–Crippen LogP) is 2.98. The Kier molecular flexibility index (Phi) is 3.93. The topological polar surface area (TPSA) is 55.2 Å². The molecule has 5 nitrogen and oxygen atoms in total. The summed E-state index contributed by atoms with van der Waals surface area (Å²) in [5, 5.41) is 3.74. The maximum Gasteiger partial charge on any atom is 0.183 e. The number of halogens is 1. The predicted molar refractivity (Wildman–Crippen MR) is 104 cm³/mol. The van der Waals surface area contributed by atoms with E-state index in [1.165, 1.54) is 6.07 Å². The highest BCUT2D eigenvalue weighted by Crippen LogP contribution is 2.46. The van der Waals surface area contributed by atoms with Crippen LogP contribution in [0.5, 0.6) is 0 Å². The van der Waals surface area contributed by atoms with Gasteiger partial charge in [-0.15, -0.1) is 0 Å². The van der Waals surface area contributed by atoms with Gasteiger partial charge >= 0.3 is 0 Å². The van der Waals surface area contributed by atoms with Gasteiger partial charge in [0.15, 0.2) is 9.84 Å². The Morgan fingerprint density at radius 2 is 1.96 bits per heavy atom. The molecule has 0 spiro atoms. The van der Waals surface area contributed by atoms with Crippen LogP contribution in [0.3, 0.4) is 0 Å². The Morgan fingerprint density at radius 1 is 1.14 bits per heavy atom. The Morgan fingerprint density at radius 3 is 2.71 bits per heavy atom. The minimum atomic E-state index is -3.37. The van der Waals surface area contributed by atoms with Crippen molar-refractivity contribution in [3.8, 4) is 11.1 Å². The molecule has 28 heavy (non-hydrogen) atoms. The monoisotopic (exact) mass is 397 g/mol. The number of aromatic nitrogens is 2. The van der Waals surface area contributed by atoms with Gasteiger partial charge in [0, 0.05) is 49.9 Å². The van der Waals surface area contributed by atoms with E-state index in [0.29, 0.717) is 30.1 Å². The van der Waals surface area contributed by atoms with Gasteiger partial charge in [0.25, 0.3) is 0 Å². The van der Waals surface area contributed by atoms with Crippen LogP contribution >= 0.6 is 0 Å². The fourth-order valence-corrected chi connectivity index (χ4v) is 6.67. The Labute approximate surface area is 163 Å². The maximum atomic E-state index is 14.0. The molecule has 2 aliphatic rings. The first-order valence-electron chi connectivity index (χ1n) is 9.26. The summed E-state index contributed by atoms with van der Waals surface area (Å²) in [5.41, 5.74) is 3.41. The highest BCUT2D eigenvalue weighted by molar-refractivity contribution is 7.92. The van der Waals surface area contributed by atoms with Gasteiger partial charge in [-0.3, -0.25) is 9.58 Å². The van der Waals surface area contributed by atoms with Crippen LogP contribution < -0.4 is 0 Å². The van der Waals surface area contributed by atoms with Gasteiger partial charge < -0.3 is 0 Å². The second-order valence-corrected chi connectivity index (χ2v) is 9.77. The zero-order chi connectivity index (χ0) is 19.5. The molecule has 3 aromatic rings. The molecule has 3 heterocycles. The van der Waals surface area contributed by atoms with E-state index in [2.05, 4.69) is 5.10 Å². The average Bonchev–Trinajstić information content (AvgIpc) is 3.34. The summed E-state index contributed by atoms with van der Waals surface area (Å²) in [7, 11) is -1.51. The smallest absolute Gasteiger partial charge is 0.183 e. The summed E-state index contributed by atoms with van der Waals surface area (Å²) < 4.78 is 41.9. The number of hydrogen-bond acceptors (Lipinski definition) is 4. The average molecular weight is 397 g/mol. The highest BCUT2D eigenvalue weighted by atomic mass is 32.2. The van der Waals surface area contributed by atoms with E-state index < -0.39 is 15.1 Å². The normalized spacial score (nSPS) is 22.9. The molecule has 2 unspecified atom stereocenters. The van der Waals surface area contributed by atoms with Crippen molar-refractivity contribution in [1.29, 1.82) is 0 Å². The molecule has 2 aromatic carbocycles. The number of likely N-dealkylation sites (tertiary alicyclic amines) is 1. The summed E-state index contributed by atoms with van der Waals surface area (Å²) in [5.74, 6) is -0.329. The largest absolute Gasteiger partial charge is 0.297 e. The zero-order valence-corrected chi connectivity index (χ0v) is 16.2. The molecular formula is C21H20FN3O2S. The van der Waals surface area contributed by atoms with E-state index in [-0.39, 0.29) is 11.7 Å². The summed E-state index contributed by atoms with van der Waals surface area (Å²) in [4.78, 5) is 2.49. The van der Waals surface area contributed by atoms with E-state index in [0.717, 1.165) is 16.7 Å². The molecule has 0 amide bonds. The fourth-order valence-electron chi connectivity index (χ4n) is 4.47. The van der Waals surface area contributed by atoms with Crippen LogP contribution in [-0.2, 0) is 23.4 Å². The third-order valence-corrected chi connectivity index (χ3v) is 8.11. The lowest BCUT2D eigenvalue weighted by atomic mass is 9.95. The Balaban J connectivity index is 1.48. The zero-order valence-electron chi connectivity index (χ0n) is 15.4. The molecule has 2 atom stereocenters. The first kappa shape index (κ1) is 17.6. The molecule has 0 aliphatic carbocycles. The van der Waals surface area contributed by atoms with E-state index >= 15 is 0 Å².